The molecule has 4 rings (SSSR count). The molecule has 2 aliphatic rings. The molecule has 1 saturated heterocycles. The second kappa shape index (κ2) is 5.31. The summed E-state index contributed by atoms with van der Waals surface area (Å²) in [5.41, 5.74) is 3.73. The van der Waals surface area contributed by atoms with E-state index in [0.717, 1.165) is 21.8 Å². The van der Waals surface area contributed by atoms with Gasteiger partial charge in [-0.2, -0.15) is 0 Å². The van der Waals surface area contributed by atoms with E-state index in [4.69, 9.17) is 9.47 Å². The Morgan fingerprint density at radius 3 is 2.86 bits per heavy atom. The highest BCUT2D eigenvalue weighted by atomic mass is 32.2. The molecule has 114 valence electrons. The lowest BCUT2D eigenvalue weighted by Crippen LogP contribution is -2.23. The third-order valence-electron chi connectivity index (χ3n) is 3.89. The van der Waals surface area contributed by atoms with Crippen LogP contribution in [0, 0.1) is 10.1 Å². The summed E-state index contributed by atoms with van der Waals surface area (Å²) in [4.78, 5) is 15.7. The topological polar surface area (TPSA) is 74.5 Å². The van der Waals surface area contributed by atoms with E-state index in [9.17, 15) is 10.1 Å². The van der Waals surface area contributed by atoms with Crippen LogP contribution in [0.4, 0.5) is 5.69 Å². The third kappa shape index (κ3) is 2.23. The summed E-state index contributed by atoms with van der Waals surface area (Å²) >= 11 is 2.82. The van der Waals surface area contributed by atoms with Gasteiger partial charge in [-0.05, 0) is 18.1 Å². The molecular formula is C14H12N2O4S2. The summed E-state index contributed by atoms with van der Waals surface area (Å²) in [5.74, 6) is -0.701. The van der Waals surface area contributed by atoms with Gasteiger partial charge in [0.05, 0.1) is 38.9 Å². The van der Waals surface area contributed by atoms with E-state index in [1.165, 1.54) is 23.1 Å². The van der Waals surface area contributed by atoms with Crippen LogP contribution in [-0.2, 0) is 21.7 Å². The van der Waals surface area contributed by atoms with E-state index in [1.54, 1.807) is 17.8 Å². The molecule has 0 unspecified atom stereocenters. The largest absolute Gasteiger partial charge is 0.343 e. The fourth-order valence-electron chi connectivity index (χ4n) is 2.95. The second-order valence-corrected chi connectivity index (χ2v) is 7.34. The van der Waals surface area contributed by atoms with Crippen molar-refractivity contribution in [1.29, 1.82) is 0 Å². The van der Waals surface area contributed by atoms with E-state index in [-0.39, 0.29) is 10.6 Å². The molecule has 1 aliphatic carbocycles. The first-order valence-electron chi connectivity index (χ1n) is 6.84. The summed E-state index contributed by atoms with van der Waals surface area (Å²) < 4.78 is 12.5. The summed E-state index contributed by atoms with van der Waals surface area (Å²) in [6.45, 7) is 1.13. The van der Waals surface area contributed by atoms with Crippen LogP contribution in [0.5, 0.6) is 0 Å². The number of hydrogen-bond acceptors (Lipinski definition) is 7. The highest BCUT2D eigenvalue weighted by molar-refractivity contribution is 8.01. The summed E-state index contributed by atoms with van der Waals surface area (Å²) in [6, 6.07) is 3.52. The van der Waals surface area contributed by atoms with Gasteiger partial charge in [-0.1, -0.05) is 11.8 Å². The van der Waals surface area contributed by atoms with Crippen LogP contribution in [0.1, 0.15) is 17.5 Å². The highest BCUT2D eigenvalue weighted by Gasteiger charge is 2.45. The Bertz CT molecular complexity index is 727. The fraction of sp³-hybridized carbons (Fsp3) is 0.357. The molecule has 0 atom stereocenters. The lowest BCUT2D eigenvalue weighted by molar-refractivity contribution is -0.387. The van der Waals surface area contributed by atoms with Gasteiger partial charge in [-0.3, -0.25) is 15.1 Å². The minimum absolute atomic E-state index is 0.132. The van der Waals surface area contributed by atoms with E-state index in [0.29, 0.717) is 24.5 Å². The second-order valence-electron chi connectivity index (χ2n) is 5.11. The number of aryl methyl sites for hydroxylation is 1. The van der Waals surface area contributed by atoms with Gasteiger partial charge in [0, 0.05) is 18.1 Å². The Labute approximate surface area is 134 Å². The number of nitro benzene ring substituents is 1. The number of fused-ring (bicyclic) bond motifs is 2. The number of nitrogens with zero attached hydrogens (tertiary/aromatic N) is 2. The van der Waals surface area contributed by atoms with Crippen LogP contribution in [-0.4, -0.2) is 23.1 Å². The van der Waals surface area contributed by atoms with Crippen molar-refractivity contribution in [3.63, 3.8) is 0 Å². The summed E-state index contributed by atoms with van der Waals surface area (Å²) in [7, 11) is 0. The van der Waals surface area contributed by atoms with Crippen molar-refractivity contribution in [2.75, 3.05) is 13.2 Å². The van der Waals surface area contributed by atoms with Crippen LogP contribution in [0.25, 0.3) is 0 Å². The lowest BCUT2D eigenvalue weighted by Gasteiger charge is -2.23. The van der Waals surface area contributed by atoms with E-state index < -0.39 is 5.79 Å². The maximum atomic E-state index is 11.4. The first kappa shape index (κ1) is 14.1. The molecular weight excluding hydrogens is 324 g/mol. The predicted molar refractivity (Wildman–Crippen MR) is 81.2 cm³/mol. The van der Waals surface area contributed by atoms with E-state index >= 15 is 0 Å². The zero-order chi connectivity index (χ0) is 15.2. The van der Waals surface area contributed by atoms with Gasteiger partial charge in [-0.25, -0.2) is 0 Å². The maximum absolute atomic E-state index is 11.4. The lowest BCUT2D eigenvalue weighted by atomic mass is 10.1. The molecule has 1 aromatic carbocycles. The number of rotatable bonds is 3. The Morgan fingerprint density at radius 1 is 1.36 bits per heavy atom. The zero-order valence-electron chi connectivity index (χ0n) is 11.5. The monoisotopic (exact) mass is 336 g/mol. The van der Waals surface area contributed by atoms with Crippen molar-refractivity contribution in [3.05, 3.63) is 45.1 Å². The standard InChI is InChI=1S/C14H12N2O4S2/c17-16(18)11-5-9-1-2-14(19-3-4-20-14)10(9)6-12(11)22-13-7-15-8-21-13/h5-8H,1-4H2. The van der Waals surface area contributed by atoms with Crippen molar-refractivity contribution in [3.8, 4) is 0 Å². The minimum Gasteiger partial charge on any atom is -0.343 e. The van der Waals surface area contributed by atoms with Crippen LogP contribution in [0.2, 0.25) is 0 Å². The van der Waals surface area contributed by atoms with Crippen molar-refractivity contribution in [1.82, 2.24) is 4.98 Å². The normalized spacial score (nSPS) is 18.7. The van der Waals surface area contributed by atoms with E-state index in [2.05, 4.69) is 4.98 Å². The Kier molecular flexibility index (Phi) is 3.41. The number of nitro groups is 1. The predicted octanol–water partition coefficient (Wildman–Crippen LogP) is 3.35. The molecule has 1 aliphatic heterocycles. The molecule has 0 amide bonds. The van der Waals surface area contributed by atoms with Crippen LogP contribution in [0.3, 0.4) is 0 Å². The SMILES string of the molecule is O=[N+]([O-])c1cc2c(cc1Sc1cncs1)C1(CC2)OCCO1. The Hall–Kier alpha value is -1.48. The van der Waals surface area contributed by atoms with Crippen LogP contribution in [0.15, 0.2) is 32.9 Å². The number of aromatic nitrogens is 1. The van der Waals surface area contributed by atoms with Gasteiger partial charge in [0.2, 0.25) is 0 Å². The van der Waals surface area contributed by atoms with Crippen molar-refractivity contribution in [2.24, 2.45) is 0 Å². The Balaban J connectivity index is 1.80. The first-order chi connectivity index (χ1) is 10.7. The van der Waals surface area contributed by atoms with Crippen LogP contribution < -0.4 is 0 Å². The van der Waals surface area contributed by atoms with Crippen molar-refractivity contribution >= 4 is 28.8 Å². The van der Waals surface area contributed by atoms with Gasteiger partial charge >= 0.3 is 0 Å². The summed E-state index contributed by atoms with van der Waals surface area (Å²) in [6.07, 6.45) is 3.17. The fourth-order valence-corrected chi connectivity index (χ4v) is 4.63. The number of thiazole rings is 1. The molecule has 22 heavy (non-hydrogen) atoms. The van der Waals surface area contributed by atoms with Gasteiger partial charge in [-0.15, -0.1) is 11.3 Å². The van der Waals surface area contributed by atoms with Gasteiger partial charge in [0.15, 0.2) is 5.79 Å². The minimum atomic E-state index is -0.701. The molecule has 0 bridgehead atoms. The first-order valence-corrected chi connectivity index (χ1v) is 8.54. The van der Waals surface area contributed by atoms with Crippen molar-refractivity contribution < 1.29 is 14.4 Å². The molecule has 6 nitrogen and oxygen atoms in total. The molecule has 2 aromatic rings. The highest BCUT2D eigenvalue weighted by Crippen LogP contribution is 2.48. The molecule has 0 radical (unpaired) electrons. The van der Waals surface area contributed by atoms with E-state index in [1.807, 2.05) is 6.07 Å². The quantitative estimate of drug-likeness (QED) is 0.632. The number of benzene rings is 1. The van der Waals surface area contributed by atoms with Gasteiger partial charge in [0.25, 0.3) is 5.69 Å². The zero-order valence-corrected chi connectivity index (χ0v) is 13.1. The molecule has 8 heteroatoms. The molecule has 1 fully saturated rings. The number of hydrogen-bond donors (Lipinski definition) is 0. The average molecular weight is 336 g/mol. The molecule has 2 heterocycles. The molecule has 1 spiro atoms. The summed E-state index contributed by atoms with van der Waals surface area (Å²) in [5, 5.41) is 11.4. The number of ether oxygens (including phenoxy) is 2. The molecule has 0 saturated carbocycles. The Morgan fingerprint density at radius 2 is 2.18 bits per heavy atom. The maximum Gasteiger partial charge on any atom is 0.283 e. The van der Waals surface area contributed by atoms with Gasteiger partial charge in [0.1, 0.15) is 0 Å². The average Bonchev–Trinajstić information content (AvgIpc) is 3.23. The van der Waals surface area contributed by atoms with Crippen molar-refractivity contribution in [2.45, 2.75) is 27.7 Å². The molecule has 1 aromatic heterocycles. The third-order valence-corrected chi connectivity index (χ3v) is 5.85. The smallest absolute Gasteiger partial charge is 0.283 e. The van der Waals surface area contributed by atoms with Gasteiger partial charge < -0.3 is 9.47 Å². The molecule has 0 N–H and O–H groups in total. The van der Waals surface area contributed by atoms with Crippen LogP contribution >= 0.6 is 23.1 Å².